The van der Waals surface area contributed by atoms with Gasteiger partial charge >= 0.3 is 13.6 Å². The highest BCUT2D eigenvalue weighted by atomic mass is 31.2. The molecule has 1 aromatic rings. The summed E-state index contributed by atoms with van der Waals surface area (Å²) < 4.78 is 26.5. The SMILES string of the molecule is COC(=O)[C@@](O)(c1cccc(C)c1)P(=O)(OC)OC. The van der Waals surface area contributed by atoms with Crippen LogP contribution >= 0.6 is 7.60 Å². The standard InChI is InChI=1S/C12H17O6P/c1-9-6-5-7-10(8-9)12(14,11(13)16-2)19(15,17-3)18-4/h5-8,14H,1-4H3/t12-/m1/s1. The van der Waals surface area contributed by atoms with Crippen molar-refractivity contribution in [1.29, 1.82) is 0 Å². The molecule has 0 fully saturated rings. The van der Waals surface area contributed by atoms with E-state index in [1.807, 2.05) is 0 Å². The summed E-state index contributed by atoms with van der Waals surface area (Å²) in [7, 11) is -0.872. The van der Waals surface area contributed by atoms with Crippen LogP contribution in [-0.2, 0) is 28.5 Å². The van der Waals surface area contributed by atoms with Crippen LogP contribution in [0.5, 0.6) is 0 Å². The van der Waals surface area contributed by atoms with E-state index >= 15 is 0 Å². The van der Waals surface area contributed by atoms with Gasteiger partial charge in [0.05, 0.1) is 7.11 Å². The second kappa shape index (κ2) is 5.84. The molecule has 1 aromatic carbocycles. The van der Waals surface area contributed by atoms with Gasteiger partial charge in [-0.25, -0.2) is 4.79 Å². The van der Waals surface area contributed by atoms with E-state index in [-0.39, 0.29) is 5.56 Å². The van der Waals surface area contributed by atoms with Gasteiger partial charge < -0.3 is 18.9 Å². The molecule has 0 radical (unpaired) electrons. The summed E-state index contributed by atoms with van der Waals surface area (Å²) in [6.45, 7) is 1.77. The van der Waals surface area contributed by atoms with Gasteiger partial charge in [0.15, 0.2) is 0 Å². The summed E-state index contributed by atoms with van der Waals surface area (Å²) >= 11 is 0. The van der Waals surface area contributed by atoms with Gasteiger partial charge in [0, 0.05) is 19.8 Å². The van der Waals surface area contributed by atoms with E-state index in [0.717, 1.165) is 26.9 Å². The van der Waals surface area contributed by atoms with Crippen molar-refractivity contribution < 1.29 is 28.3 Å². The van der Waals surface area contributed by atoms with Gasteiger partial charge in [-0.1, -0.05) is 29.8 Å². The Morgan fingerprint density at radius 1 is 1.26 bits per heavy atom. The van der Waals surface area contributed by atoms with E-state index < -0.39 is 18.9 Å². The van der Waals surface area contributed by atoms with Crippen molar-refractivity contribution in [3.05, 3.63) is 35.4 Å². The van der Waals surface area contributed by atoms with Gasteiger partial charge in [-0.05, 0) is 6.92 Å². The summed E-state index contributed by atoms with van der Waals surface area (Å²) in [4.78, 5) is 11.9. The Morgan fingerprint density at radius 2 is 1.84 bits per heavy atom. The molecule has 6 nitrogen and oxygen atoms in total. The van der Waals surface area contributed by atoms with Crippen LogP contribution in [0.25, 0.3) is 0 Å². The fourth-order valence-corrected chi connectivity index (χ4v) is 3.18. The molecule has 0 amide bonds. The average Bonchev–Trinajstić information content (AvgIpc) is 2.44. The lowest BCUT2D eigenvalue weighted by Crippen LogP contribution is -2.37. The zero-order valence-electron chi connectivity index (χ0n) is 11.2. The Bertz CT molecular complexity index is 507. The number of aliphatic hydroxyl groups is 1. The van der Waals surface area contributed by atoms with E-state index in [2.05, 4.69) is 4.74 Å². The van der Waals surface area contributed by atoms with Crippen molar-refractivity contribution >= 4 is 13.6 Å². The maximum absolute atomic E-state index is 12.5. The first-order valence-corrected chi connectivity index (χ1v) is 6.99. The van der Waals surface area contributed by atoms with E-state index in [1.54, 1.807) is 19.1 Å². The summed E-state index contributed by atoms with van der Waals surface area (Å²) in [6.07, 6.45) is 0. The molecule has 1 atom stereocenters. The number of aryl methyl sites for hydroxylation is 1. The third kappa shape index (κ3) is 2.58. The molecule has 0 aliphatic carbocycles. The number of rotatable bonds is 5. The fraction of sp³-hybridized carbons (Fsp3) is 0.417. The number of ether oxygens (including phenoxy) is 1. The minimum atomic E-state index is -4.14. The predicted molar refractivity (Wildman–Crippen MR) is 68.7 cm³/mol. The lowest BCUT2D eigenvalue weighted by molar-refractivity contribution is -0.156. The van der Waals surface area contributed by atoms with E-state index in [4.69, 9.17) is 9.05 Å². The molecular formula is C12H17O6P. The topological polar surface area (TPSA) is 82.1 Å². The number of carbonyl (C=O) groups excluding carboxylic acids is 1. The highest BCUT2D eigenvalue weighted by molar-refractivity contribution is 7.56. The smallest absolute Gasteiger partial charge is 0.377 e. The number of carbonyl (C=O) groups is 1. The quantitative estimate of drug-likeness (QED) is 0.657. The van der Waals surface area contributed by atoms with Crippen molar-refractivity contribution in [1.82, 2.24) is 0 Å². The Balaban J connectivity index is 3.53. The van der Waals surface area contributed by atoms with Gasteiger partial charge in [0.1, 0.15) is 0 Å². The normalized spacial score (nSPS) is 14.8. The highest BCUT2D eigenvalue weighted by Crippen LogP contribution is 2.63. The predicted octanol–water partition coefficient (Wildman–Crippen LogP) is 1.80. The first-order chi connectivity index (χ1) is 8.85. The molecule has 0 saturated heterocycles. The molecule has 106 valence electrons. The van der Waals surface area contributed by atoms with Crippen molar-refractivity contribution in [2.45, 2.75) is 12.3 Å². The molecule has 7 heteroatoms. The van der Waals surface area contributed by atoms with Gasteiger partial charge in [-0.2, -0.15) is 0 Å². The van der Waals surface area contributed by atoms with Crippen LogP contribution in [0.15, 0.2) is 24.3 Å². The lowest BCUT2D eigenvalue weighted by atomic mass is 10.1. The second-order valence-electron chi connectivity index (χ2n) is 3.90. The molecule has 1 N–H and O–H groups in total. The highest BCUT2D eigenvalue weighted by Gasteiger charge is 2.58. The number of methoxy groups -OCH3 is 1. The Labute approximate surface area is 111 Å². The molecule has 0 aliphatic heterocycles. The molecule has 0 aromatic heterocycles. The van der Waals surface area contributed by atoms with Gasteiger partial charge in [0.25, 0.3) is 5.34 Å². The van der Waals surface area contributed by atoms with Gasteiger partial charge in [0.2, 0.25) is 0 Å². The number of hydrogen-bond acceptors (Lipinski definition) is 6. The monoisotopic (exact) mass is 288 g/mol. The van der Waals surface area contributed by atoms with Gasteiger partial charge in [-0.3, -0.25) is 4.57 Å². The van der Waals surface area contributed by atoms with Crippen LogP contribution in [0.3, 0.4) is 0 Å². The maximum Gasteiger partial charge on any atom is 0.377 e. The molecule has 0 unspecified atom stereocenters. The third-order valence-electron chi connectivity index (χ3n) is 2.77. The second-order valence-corrected chi connectivity index (χ2v) is 6.27. The van der Waals surface area contributed by atoms with Crippen LogP contribution in [0, 0.1) is 6.92 Å². The van der Waals surface area contributed by atoms with Crippen molar-refractivity contribution in [2.24, 2.45) is 0 Å². The zero-order valence-corrected chi connectivity index (χ0v) is 12.1. The summed E-state index contributed by atoms with van der Waals surface area (Å²) in [5.41, 5.74) is 0.866. The first-order valence-electron chi connectivity index (χ1n) is 5.45. The summed E-state index contributed by atoms with van der Waals surface area (Å²) in [6, 6.07) is 6.36. The molecule has 0 saturated carbocycles. The van der Waals surface area contributed by atoms with Crippen LogP contribution < -0.4 is 0 Å². The molecule has 19 heavy (non-hydrogen) atoms. The third-order valence-corrected chi connectivity index (χ3v) is 4.96. The summed E-state index contributed by atoms with van der Waals surface area (Å²) in [5, 5.41) is 8.10. The maximum atomic E-state index is 12.5. The van der Waals surface area contributed by atoms with Crippen LogP contribution in [-0.4, -0.2) is 32.4 Å². The zero-order chi connectivity index (χ0) is 14.7. The van der Waals surface area contributed by atoms with Crippen LogP contribution in [0.1, 0.15) is 11.1 Å². The first kappa shape index (κ1) is 15.9. The van der Waals surface area contributed by atoms with Crippen LogP contribution in [0.4, 0.5) is 0 Å². The molecule has 0 bridgehead atoms. The van der Waals surface area contributed by atoms with Crippen molar-refractivity contribution in [2.75, 3.05) is 21.3 Å². The molecular weight excluding hydrogens is 271 g/mol. The molecule has 0 heterocycles. The Morgan fingerprint density at radius 3 is 2.26 bits per heavy atom. The molecule has 0 spiro atoms. The Kier molecular flexibility index (Phi) is 4.87. The number of benzene rings is 1. The fourth-order valence-electron chi connectivity index (χ4n) is 1.73. The largest absolute Gasteiger partial charge is 0.466 e. The van der Waals surface area contributed by atoms with Gasteiger partial charge in [-0.15, -0.1) is 0 Å². The van der Waals surface area contributed by atoms with Crippen LogP contribution in [0.2, 0.25) is 0 Å². The minimum absolute atomic E-state index is 0.0892. The lowest BCUT2D eigenvalue weighted by Gasteiger charge is -2.30. The Hall–Kier alpha value is -1.20. The summed E-state index contributed by atoms with van der Waals surface area (Å²) in [5.74, 6) is -1.11. The van der Waals surface area contributed by atoms with E-state index in [0.29, 0.717) is 0 Å². The van der Waals surface area contributed by atoms with E-state index in [1.165, 1.54) is 12.1 Å². The van der Waals surface area contributed by atoms with Crippen molar-refractivity contribution in [3.63, 3.8) is 0 Å². The van der Waals surface area contributed by atoms with Crippen molar-refractivity contribution in [3.8, 4) is 0 Å². The number of hydrogen-bond donors (Lipinski definition) is 1. The molecule has 0 aliphatic rings. The molecule has 1 rings (SSSR count). The minimum Gasteiger partial charge on any atom is -0.466 e. The number of esters is 1. The average molecular weight is 288 g/mol. The van der Waals surface area contributed by atoms with E-state index in [9.17, 15) is 14.5 Å².